The number of ether oxygens (including phenoxy) is 1. The molecule has 0 spiro atoms. The zero-order valence-corrected chi connectivity index (χ0v) is 9.32. The fourth-order valence-corrected chi connectivity index (χ4v) is 1.66. The molecule has 1 aromatic rings. The molecule has 0 bridgehead atoms. The first-order valence-corrected chi connectivity index (χ1v) is 5.18. The number of aromatic nitrogens is 2. The number of carboxylic acid groups (broad SMARTS) is 1. The van der Waals surface area contributed by atoms with Crippen molar-refractivity contribution in [2.45, 2.75) is 17.3 Å². The molecule has 0 aliphatic carbocycles. The van der Waals surface area contributed by atoms with Crippen LogP contribution in [0, 0.1) is 6.92 Å². The Hall–Kier alpha value is -1.14. The van der Waals surface area contributed by atoms with E-state index in [9.17, 15) is 4.79 Å². The number of thioether (sulfide) groups is 1. The lowest BCUT2D eigenvalue weighted by Gasteiger charge is -2.08. The molecule has 6 heteroatoms. The smallest absolute Gasteiger partial charge is 0.319 e. The third kappa shape index (κ3) is 3.85. The SMILES string of the molecule is COCC(Sc1ncc(C)cn1)C(=O)O. The lowest BCUT2D eigenvalue weighted by molar-refractivity contribution is -0.137. The summed E-state index contributed by atoms with van der Waals surface area (Å²) in [5.74, 6) is -0.925. The van der Waals surface area contributed by atoms with Gasteiger partial charge in [-0.3, -0.25) is 4.79 Å². The highest BCUT2D eigenvalue weighted by molar-refractivity contribution is 8.00. The van der Waals surface area contributed by atoms with Gasteiger partial charge in [0.25, 0.3) is 0 Å². The van der Waals surface area contributed by atoms with Gasteiger partial charge in [0.2, 0.25) is 0 Å². The molecular formula is C9H12N2O3S. The minimum Gasteiger partial charge on any atom is -0.480 e. The van der Waals surface area contributed by atoms with Crippen molar-refractivity contribution < 1.29 is 14.6 Å². The number of rotatable bonds is 5. The van der Waals surface area contributed by atoms with Gasteiger partial charge in [0.05, 0.1) is 6.61 Å². The van der Waals surface area contributed by atoms with Gasteiger partial charge in [-0.2, -0.15) is 0 Å². The maximum absolute atomic E-state index is 10.8. The number of hydrogen-bond donors (Lipinski definition) is 1. The van der Waals surface area contributed by atoms with Crippen LogP contribution in [0.15, 0.2) is 17.6 Å². The molecule has 1 N–H and O–H groups in total. The van der Waals surface area contributed by atoms with Gasteiger partial charge in [-0.05, 0) is 12.5 Å². The second kappa shape index (κ2) is 5.67. The lowest BCUT2D eigenvalue weighted by Crippen LogP contribution is -2.22. The molecule has 1 rings (SSSR count). The number of aryl methyl sites for hydroxylation is 1. The predicted octanol–water partition coefficient (Wildman–Crippen LogP) is 0.977. The molecule has 1 aromatic heterocycles. The zero-order chi connectivity index (χ0) is 11.3. The molecule has 82 valence electrons. The predicted molar refractivity (Wildman–Crippen MR) is 55.9 cm³/mol. The van der Waals surface area contributed by atoms with Crippen molar-refractivity contribution in [3.8, 4) is 0 Å². The van der Waals surface area contributed by atoms with Crippen LogP contribution in [-0.2, 0) is 9.53 Å². The highest BCUT2D eigenvalue weighted by atomic mass is 32.2. The number of carbonyl (C=O) groups is 1. The average Bonchev–Trinajstić information content (AvgIpc) is 2.20. The van der Waals surface area contributed by atoms with Gasteiger partial charge in [-0.15, -0.1) is 0 Å². The van der Waals surface area contributed by atoms with Crippen molar-refractivity contribution in [1.82, 2.24) is 9.97 Å². The van der Waals surface area contributed by atoms with E-state index in [2.05, 4.69) is 9.97 Å². The number of aliphatic carboxylic acids is 1. The van der Waals surface area contributed by atoms with E-state index in [0.29, 0.717) is 5.16 Å². The number of methoxy groups -OCH3 is 1. The van der Waals surface area contributed by atoms with E-state index in [1.807, 2.05) is 6.92 Å². The van der Waals surface area contributed by atoms with Gasteiger partial charge in [-0.25, -0.2) is 9.97 Å². The van der Waals surface area contributed by atoms with Crippen LogP contribution in [0.25, 0.3) is 0 Å². The Bertz CT molecular complexity index is 329. The standard InChI is InChI=1S/C9H12N2O3S/c1-6-3-10-9(11-4-6)15-7(5-14-2)8(12)13/h3-4,7H,5H2,1-2H3,(H,12,13). The summed E-state index contributed by atoms with van der Waals surface area (Å²) in [7, 11) is 1.46. The second-order valence-electron chi connectivity index (χ2n) is 2.94. The Balaban J connectivity index is 2.65. The number of hydrogen-bond acceptors (Lipinski definition) is 5. The Labute approximate surface area is 91.9 Å². The van der Waals surface area contributed by atoms with E-state index in [0.717, 1.165) is 17.3 Å². The highest BCUT2D eigenvalue weighted by Gasteiger charge is 2.19. The molecule has 0 amide bonds. The van der Waals surface area contributed by atoms with Crippen molar-refractivity contribution in [2.24, 2.45) is 0 Å². The normalized spacial score (nSPS) is 12.4. The van der Waals surface area contributed by atoms with Gasteiger partial charge >= 0.3 is 5.97 Å². The first-order chi connectivity index (χ1) is 7.13. The molecule has 0 aliphatic rings. The number of carboxylic acids is 1. The first-order valence-electron chi connectivity index (χ1n) is 4.30. The van der Waals surface area contributed by atoms with E-state index in [1.165, 1.54) is 7.11 Å². The summed E-state index contributed by atoms with van der Waals surface area (Å²) in [5.41, 5.74) is 0.943. The van der Waals surface area contributed by atoms with Crippen LogP contribution in [-0.4, -0.2) is 40.0 Å². The van der Waals surface area contributed by atoms with Crippen LogP contribution in [0.2, 0.25) is 0 Å². The molecule has 15 heavy (non-hydrogen) atoms. The van der Waals surface area contributed by atoms with E-state index in [4.69, 9.17) is 9.84 Å². The minimum atomic E-state index is -0.925. The van der Waals surface area contributed by atoms with Gasteiger partial charge in [0, 0.05) is 19.5 Å². The zero-order valence-electron chi connectivity index (χ0n) is 8.51. The lowest BCUT2D eigenvalue weighted by atomic mass is 10.4. The highest BCUT2D eigenvalue weighted by Crippen LogP contribution is 2.19. The fraction of sp³-hybridized carbons (Fsp3) is 0.444. The number of nitrogens with zero attached hydrogens (tertiary/aromatic N) is 2. The molecule has 0 saturated carbocycles. The first kappa shape index (κ1) is 11.9. The van der Waals surface area contributed by atoms with Gasteiger partial charge in [0.1, 0.15) is 5.25 Å². The van der Waals surface area contributed by atoms with Crippen LogP contribution in [0.3, 0.4) is 0 Å². The molecule has 1 unspecified atom stereocenters. The van der Waals surface area contributed by atoms with Gasteiger partial charge in [0.15, 0.2) is 5.16 Å². The van der Waals surface area contributed by atoms with Crippen molar-refractivity contribution in [1.29, 1.82) is 0 Å². The molecule has 1 heterocycles. The summed E-state index contributed by atoms with van der Waals surface area (Å²) in [4.78, 5) is 18.8. The molecule has 0 fully saturated rings. The van der Waals surface area contributed by atoms with Gasteiger partial charge in [-0.1, -0.05) is 11.8 Å². The Morgan fingerprint density at radius 2 is 2.20 bits per heavy atom. The largest absolute Gasteiger partial charge is 0.480 e. The summed E-state index contributed by atoms with van der Waals surface area (Å²) in [6.45, 7) is 2.01. The molecule has 0 aliphatic heterocycles. The van der Waals surface area contributed by atoms with E-state index < -0.39 is 11.2 Å². The van der Waals surface area contributed by atoms with Gasteiger partial charge < -0.3 is 9.84 Å². The van der Waals surface area contributed by atoms with E-state index in [-0.39, 0.29) is 6.61 Å². The summed E-state index contributed by atoms with van der Waals surface area (Å²) < 4.78 is 4.80. The molecule has 1 atom stereocenters. The maximum Gasteiger partial charge on any atom is 0.319 e. The van der Waals surface area contributed by atoms with E-state index >= 15 is 0 Å². The topological polar surface area (TPSA) is 72.3 Å². The van der Waals surface area contributed by atoms with E-state index in [1.54, 1.807) is 12.4 Å². The summed E-state index contributed by atoms with van der Waals surface area (Å²) >= 11 is 1.08. The summed E-state index contributed by atoms with van der Waals surface area (Å²) in [6, 6.07) is 0. The molecule has 0 saturated heterocycles. The average molecular weight is 228 g/mol. The minimum absolute atomic E-state index is 0.136. The molecule has 5 nitrogen and oxygen atoms in total. The molecule has 0 radical (unpaired) electrons. The fourth-order valence-electron chi connectivity index (χ4n) is 0.876. The third-order valence-electron chi connectivity index (χ3n) is 1.60. The molecular weight excluding hydrogens is 216 g/mol. The summed E-state index contributed by atoms with van der Waals surface area (Å²) in [5, 5.41) is 8.64. The van der Waals surface area contributed by atoms with Crippen molar-refractivity contribution in [2.75, 3.05) is 13.7 Å². The molecule has 0 aromatic carbocycles. The monoisotopic (exact) mass is 228 g/mol. The maximum atomic E-state index is 10.8. The van der Waals surface area contributed by atoms with Crippen LogP contribution in [0.5, 0.6) is 0 Å². The Morgan fingerprint density at radius 1 is 1.60 bits per heavy atom. The van der Waals surface area contributed by atoms with Crippen LogP contribution < -0.4 is 0 Å². The van der Waals surface area contributed by atoms with Crippen LogP contribution in [0.1, 0.15) is 5.56 Å². The van der Waals surface area contributed by atoms with Crippen LogP contribution >= 0.6 is 11.8 Å². The Kier molecular flexibility index (Phi) is 4.51. The van der Waals surface area contributed by atoms with Crippen molar-refractivity contribution in [3.63, 3.8) is 0 Å². The van der Waals surface area contributed by atoms with Crippen LogP contribution in [0.4, 0.5) is 0 Å². The Morgan fingerprint density at radius 3 is 2.67 bits per heavy atom. The van der Waals surface area contributed by atoms with Crippen molar-refractivity contribution >= 4 is 17.7 Å². The quantitative estimate of drug-likeness (QED) is 0.598. The third-order valence-corrected chi connectivity index (χ3v) is 2.64. The second-order valence-corrected chi connectivity index (χ2v) is 4.11. The summed E-state index contributed by atoms with van der Waals surface area (Å²) in [6.07, 6.45) is 3.31. The van der Waals surface area contributed by atoms with Crippen molar-refractivity contribution in [3.05, 3.63) is 18.0 Å².